The van der Waals surface area contributed by atoms with E-state index in [1.165, 1.54) is 18.3 Å². The fourth-order valence-corrected chi connectivity index (χ4v) is 7.08. The van der Waals surface area contributed by atoms with Crippen molar-refractivity contribution < 1.29 is 9.53 Å². The molecule has 2 aromatic heterocycles. The number of piperazine rings is 1. The predicted molar refractivity (Wildman–Crippen MR) is 134 cm³/mol. The topological polar surface area (TPSA) is 87.6 Å². The summed E-state index contributed by atoms with van der Waals surface area (Å²) in [4.78, 5) is 38.4. The SMILES string of the molecule is C#Cc1cc(N2CC3(CCC3)c3c2ncnc3N2C[C@@H](C)N(C(=O)C34CC(CO3)C4)C[C@@H]2C)ncn1. The average molecular weight is 486 g/mol. The zero-order chi connectivity index (χ0) is 24.7. The molecule has 0 aromatic carbocycles. The van der Waals surface area contributed by atoms with Gasteiger partial charge < -0.3 is 19.4 Å². The van der Waals surface area contributed by atoms with Crippen LogP contribution in [0.2, 0.25) is 0 Å². The third-order valence-electron chi connectivity index (χ3n) is 9.18. The van der Waals surface area contributed by atoms with Crippen molar-refractivity contribution in [3.05, 3.63) is 30.0 Å². The summed E-state index contributed by atoms with van der Waals surface area (Å²) in [5.74, 6) is 6.06. The van der Waals surface area contributed by atoms with E-state index in [4.69, 9.17) is 21.1 Å². The molecule has 5 fully saturated rings. The van der Waals surface area contributed by atoms with E-state index in [1.54, 1.807) is 6.33 Å². The highest BCUT2D eigenvalue weighted by Crippen LogP contribution is 2.56. The van der Waals surface area contributed by atoms with Gasteiger partial charge in [-0.3, -0.25) is 4.79 Å². The summed E-state index contributed by atoms with van der Waals surface area (Å²) in [5.41, 5.74) is 1.25. The molecule has 186 valence electrons. The molecule has 0 radical (unpaired) electrons. The van der Waals surface area contributed by atoms with Crippen molar-refractivity contribution in [1.82, 2.24) is 24.8 Å². The second-order valence-electron chi connectivity index (χ2n) is 11.4. The number of ether oxygens (including phenoxy) is 1. The number of hydrogen-bond acceptors (Lipinski definition) is 8. The van der Waals surface area contributed by atoms with Gasteiger partial charge in [-0.15, -0.1) is 6.42 Å². The zero-order valence-electron chi connectivity index (χ0n) is 20.9. The Morgan fingerprint density at radius 2 is 1.86 bits per heavy atom. The molecule has 36 heavy (non-hydrogen) atoms. The summed E-state index contributed by atoms with van der Waals surface area (Å²) in [6.07, 6.45) is 14.0. The molecule has 8 rings (SSSR count). The Bertz CT molecular complexity index is 1270. The molecule has 2 bridgehead atoms. The van der Waals surface area contributed by atoms with E-state index in [1.807, 2.05) is 6.07 Å². The molecule has 3 saturated heterocycles. The van der Waals surface area contributed by atoms with Crippen molar-refractivity contribution in [1.29, 1.82) is 0 Å². The standard InChI is InChI=1S/C27H31N7O2/c1-4-20-8-21(29-15-28-20)34-14-26(6-5-7-26)22-23(30-16-31-24(22)34)32-11-18(3)33(12-17(32)2)25(35)27-9-19(10-27)13-36-27/h1,8,15-19H,5-7,9-14H2,2-3H3/t17-,18+,19?,27?/m0/s1. The lowest BCUT2D eigenvalue weighted by molar-refractivity contribution is -0.158. The normalized spacial score (nSPS) is 31.6. The van der Waals surface area contributed by atoms with E-state index < -0.39 is 5.60 Å². The van der Waals surface area contributed by atoms with Crippen LogP contribution in [-0.4, -0.2) is 74.7 Å². The maximum Gasteiger partial charge on any atom is 0.255 e. The van der Waals surface area contributed by atoms with Gasteiger partial charge in [-0.25, -0.2) is 19.9 Å². The van der Waals surface area contributed by atoms with Crippen LogP contribution in [0.4, 0.5) is 17.5 Å². The minimum atomic E-state index is -0.553. The summed E-state index contributed by atoms with van der Waals surface area (Å²) >= 11 is 0. The van der Waals surface area contributed by atoms with Crippen molar-refractivity contribution in [2.45, 2.75) is 69.1 Å². The Hall–Kier alpha value is -3.25. The molecule has 4 aliphatic heterocycles. The lowest BCUT2D eigenvalue weighted by Gasteiger charge is -2.49. The monoisotopic (exact) mass is 485 g/mol. The lowest BCUT2D eigenvalue weighted by Crippen LogP contribution is -2.64. The minimum absolute atomic E-state index is 0.0146. The van der Waals surface area contributed by atoms with Gasteiger partial charge in [-0.1, -0.05) is 12.3 Å². The van der Waals surface area contributed by atoms with E-state index in [0.717, 1.165) is 62.8 Å². The van der Waals surface area contributed by atoms with Gasteiger partial charge in [0.2, 0.25) is 0 Å². The number of amides is 1. The van der Waals surface area contributed by atoms with E-state index in [2.05, 4.69) is 44.4 Å². The van der Waals surface area contributed by atoms with Gasteiger partial charge >= 0.3 is 0 Å². The smallest absolute Gasteiger partial charge is 0.255 e. The highest BCUT2D eigenvalue weighted by atomic mass is 16.5. The number of aromatic nitrogens is 4. The molecule has 2 aliphatic carbocycles. The van der Waals surface area contributed by atoms with Crippen LogP contribution in [0.15, 0.2) is 18.7 Å². The first-order valence-corrected chi connectivity index (χ1v) is 13.1. The number of terminal acetylenes is 1. The third kappa shape index (κ3) is 2.97. The van der Waals surface area contributed by atoms with Gasteiger partial charge in [0, 0.05) is 48.8 Å². The van der Waals surface area contributed by atoms with E-state index in [9.17, 15) is 4.79 Å². The fraction of sp³-hybridized carbons (Fsp3) is 0.593. The van der Waals surface area contributed by atoms with E-state index in [0.29, 0.717) is 18.2 Å². The maximum absolute atomic E-state index is 13.5. The largest absolute Gasteiger partial charge is 0.365 e. The first-order valence-electron chi connectivity index (χ1n) is 13.1. The highest BCUT2D eigenvalue weighted by Gasteiger charge is 2.59. The van der Waals surface area contributed by atoms with Crippen molar-refractivity contribution >= 4 is 23.4 Å². The van der Waals surface area contributed by atoms with Crippen LogP contribution in [-0.2, 0) is 14.9 Å². The van der Waals surface area contributed by atoms with Crippen molar-refractivity contribution in [3.8, 4) is 12.3 Å². The Labute approximate surface area is 211 Å². The highest BCUT2D eigenvalue weighted by molar-refractivity contribution is 5.87. The number of nitrogens with zero attached hydrogens (tertiary/aromatic N) is 7. The van der Waals surface area contributed by atoms with Gasteiger partial charge in [0.05, 0.1) is 6.61 Å². The third-order valence-corrected chi connectivity index (χ3v) is 9.18. The van der Waals surface area contributed by atoms with Gasteiger partial charge in [-0.05, 0) is 45.4 Å². The molecule has 1 amide bonds. The molecule has 9 nitrogen and oxygen atoms in total. The van der Waals surface area contributed by atoms with Crippen LogP contribution >= 0.6 is 0 Å². The molecule has 1 spiro atoms. The first-order chi connectivity index (χ1) is 17.4. The van der Waals surface area contributed by atoms with Crippen LogP contribution < -0.4 is 9.80 Å². The summed E-state index contributed by atoms with van der Waals surface area (Å²) < 4.78 is 5.95. The minimum Gasteiger partial charge on any atom is -0.365 e. The summed E-state index contributed by atoms with van der Waals surface area (Å²) in [7, 11) is 0. The van der Waals surface area contributed by atoms with Gasteiger partial charge in [0.1, 0.15) is 41.4 Å². The summed E-state index contributed by atoms with van der Waals surface area (Å²) in [5, 5.41) is 0. The Kier molecular flexibility index (Phi) is 4.66. The average Bonchev–Trinajstić information content (AvgIpc) is 3.56. The number of carbonyl (C=O) groups excluding carboxylic acids is 1. The van der Waals surface area contributed by atoms with Crippen molar-refractivity contribution in [3.63, 3.8) is 0 Å². The number of hydrogen-bond donors (Lipinski definition) is 0. The zero-order valence-corrected chi connectivity index (χ0v) is 20.9. The molecule has 9 heteroatoms. The molecule has 0 unspecified atom stereocenters. The Morgan fingerprint density at radius 3 is 2.56 bits per heavy atom. The quantitative estimate of drug-likeness (QED) is 0.613. The fourth-order valence-electron chi connectivity index (χ4n) is 7.08. The van der Waals surface area contributed by atoms with Crippen molar-refractivity contribution in [2.24, 2.45) is 5.92 Å². The molecule has 2 aromatic rings. The predicted octanol–water partition coefficient (Wildman–Crippen LogP) is 2.43. The second kappa shape index (κ2) is 7.62. The molecule has 2 saturated carbocycles. The van der Waals surface area contributed by atoms with Crippen molar-refractivity contribution in [2.75, 3.05) is 36.0 Å². The molecule has 0 N–H and O–H groups in total. The van der Waals surface area contributed by atoms with E-state index >= 15 is 0 Å². The summed E-state index contributed by atoms with van der Waals surface area (Å²) in [6.45, 7) is 7.30. The lowest BCUT2D eigenvalue weighted by atomic mass is 9.66. The van der Waals surface area contributed by atoms with Crippen LogP contribution in [0.25, 0.3) is 0 Å². The van der Waals surface area contributed by atoms with Gasteiger partial charge in [0.25, 0.3) is 5.91 Å². The summed E-state index contributed by atoms with van der Waals surface area (Å²) in [6, 6.07) is 2.07. The van der Waals surface area contributed by atoms with E-state index in [-0.39, 0.29) is 23.4 Å². The Morgan fingerprint density at radius 1 is 1.08 bits per heavy atom. The molecule has 6 heterocycles. The molecule has 6 aliphatic rings. The number of anilines is 3. The van der Waals surface area contributed by atoms with Crippen LogP contribution in [0.1, 0.15) is 57.2 Å². The van der Waals surface area contributed by atoms with Crippen LogP contribution in [0.5, 0.6) is 0 Å². The van der Waals surface area contributed by atoms with Crippen LogP contribution in [0, 0.1) is 18.3 Å². The molecular formula is C27H31N7O2. The number of carbonyl (C=O) groups is 1. The Balaban J connectivity index is 1.22. The maximum atomic E-state index is 13.5. The first kappa shape index (κ1) is 22.0. The number of rotatable bonds is 3. The number of fused-ring (bicyclic) bond motifs is 3. The molecule has 2 atom stereocenters. The second-order valence-corrected chi connectivity index (χ2v) is 11.4. The molecular weight excluding hydrogens is 454 g/mol. The van der Waals surface area contributed by atoms with Gasteiger partial charge in [-0.2, -0.15) is 0 Å². The van der Waals surface area contributed by atoms with Gasteiger partial charge in [0.15, 0.2) is 0 Å². The van der Waals surface area contributed by atoms with Crippen LogP contribution in [0.3, 0.4) is 0 Å².